The quantitative estimate of drug-likeness (QED) is 0.439. The third-order valence-corrected chi connectivity index (χ3v) is 3.47. The molecule has 20 heavy (non-hydrogen) atoms. The van der Waals surface area contributed by atoms with Crippen LogP contribution in [-0.4, -0.2) is 43.0 Å². The van der Waals surface area contributed by atoms with Crippen molar-refractivity contribution in [2.24, 2.45) is 0 Å². The zero-order valence-corrected chi connectivity index (χ0v) is 11.5. The summed E-state index contributed by atoms with van der Waals surface area (Å²) in [6, 6.07) is 3.63. The molecule has 0 aromatic heterocycles. The Hall–Kier alpha value is -2.16. The maximum absolute atomic E-state index is 10.9. The smallest absolute Gasteiger partial charge is 0.342 e. The van der Waals surface area contributed by atoms with Gasteiger partial charge in [-0.25, -0.2) is 13.2 Å². The predicted molar refractivity (Wildman–Crippen MR) is 72.9 cm³/mol. The second-order valence-corrected chi connectivity index (χ2v) is 6.46. The van der Waals surface area contributed by atoms with Gasteiger partial charge in [0.05, 0.1) is 10.7 Å². The molecule has 0 aliphatic rings. The van der Waals surface area contributed by atoms with E-state index in [9.17, 15) is 23.3 Å². The lowest BCUT2D eigenvalue weighted by molar-refractivity contribution is -0.385. The van der Waals surface area contributed by atoms with Gasteiger partial charge >= 0.3 is 5.97 Å². The van der Waals surface area contributed by atoms with Crippen LogP contribution >= 0.6 is 0 Å². The third kappa shape index (κ3) is 4.84. The summed E-state index contributed by atoms with van der Waals surface area (Å²) in [5.41, 5.74) is -0.510. The van der Waals surface area contributed by atoms with Gasteiger partial charge in [0.1, 0.15) is 15.4 Å². The minimum absolute atomic E-state index is 0.0127. The molecular weight excluding hydrogens is 288 g/mol. The number of aromatic carboxylic acids is 1. The van der Waals surface area contributed by atoms with E-state index in [1.165, 1.54) is 6.07 Å². The summed E-state index contributed by atoms with van der Waals surface area (Å²) >= 11 is 0. The number of carbonyl (C=O) groups is 1. The van der Waals surface area contributed by atoms with Crippen LogP contribution in [0.3, 0.4) is 0 Å². The van der Waals surface area contributed by atoms with Crippen molar-refractivity contribution in [1.82, 2.24) is 0 Å². The highest BCUT2D eigenvalue weighted by molar-refractivity contribution is 7.90. The van der Waals surface area contributed by atoms with Crippen LogP contribution < -0.4 is 5.32 Å². The lowest BCUT2D eigenvalue weighted by atomic mass is 10.1. The molecule has 0 amide bonds. The number of carboxylic acid groups (broad SMARTS) is 1. The number of nitro groups is 1. The number of anilines is 1. The van der Waals surface area contributed by atoms with Crippen LogP contribution in [-0.2, 0) is 9.84 Å². The summed E-state index contributed by atoms with van der Waals surface area (Å²) in [6.07, 6.45) is 1.49. The van der Waals surface area contributed by atoms with Crippen molar-refractivity contribution >= 4 is 27.2 Å². The van der Waals surface area contributed by atoms with Crippen LogP contribution in [0, 0.1) is 10.1 Å². The highest BCUT2D eigenvalue weighted by Gasteiger charge is 2.19. The Morgan fingerprint density at radius 2 is 2.10 bits per heavy atom. The molecule has 0 aliphatic carbocycles. The highest BCUT2D eigenvalue weighted by Crippen LogP contribution is 2.22. The zero-order chi connectivity index (χ0) is 15.3. The number of nitrogens with one attached hydrogen (secondary N) is 1. The molecule has 1 rings (SSSR count). The van der Waals surface area contributed by atoms with E-state index in [0.717, 1.165) is 18.4 Å². The Labute approximate surface area is 115 Å². The summed E-state index contributed by atoms with van der Waals surface area (Å²) in [5.74, 6) is -1.38. The van der Waals surface area contributed by atoms with E-state index in [2.05, 4.69) is 5.32 Å². The molecular formula is C11H14N2O6S. The SMILES string of the molecule is CS(=O)(=O)CCCNc1ccc([N+](=O)[O-])c(C(=O)O)c1. The van der Waals surface area contributed by atoms with Crippen molar-refractivity contribution in [3.63, 3.8) is 0 Å². The molecule has 0 spiro atoms. The maximum atomic E-state index is 10.9. The van der Waals surface area contributed by atoms with Crippen molar-refractivity contribution in [1.29, 1.82) is 0 Å². The molecule has 0 saturated carbocycles. The largest absolute Gasteiger partial charge is 0.477 e. The molecule has 8 nitrogen and oxygen atoms in total. The lowest BCUT2D eigenvalue weighted by Gasteiger charge is -2.07. The van der Waals surface area contributed by atoms with E-state index < -0.39 is 32.0 Å². The number of hydrogen-bond donors (Lipinski definition) is 2. The van der Waals surface area contributed by atoms with E-state index in [4.69, 9.17) is 5.11 Å². The Morgan fingerprint density at radius 3 is 2.60 bits per heavy atom. The molecule has 0 bridgehead atoms. The molecule has 1 aromatic carbocycles. The molecule has 110 valence electrons. The number of benzene rings is 1. The average molecular weight is 302 g/mol. The third-order valence-electron chi connectivity index (χ3n) is 2.44. The normalized spacial score (nSPS) is 11.1. The van der Waals surface area contributed by atoms with E-state index in [1.807, 2.05) is 0 Å². The van der Waals surface area contributed by atoms with Gasteiger partial charge in [0.2, 0.25) is 0 Å². The summed E-state index contributed by atoms with van der Waals surface area (Å²) in [7, 11) is -3.04. The van der Waals surface area contributed by atoms with Crippen LogP contribution in [0.2, 0.25) is 0 Å². The van der Waals surface area contributed by atoms with Crippen molar-refractivity contribution in [3.05, 3.63) is 33.9 Å². The first-order valence-corrected chi connectivity index (χ1v) is 7.70. The number of nitro benzene ring substituents is 1. The first-order chi connectivity index (χ1) is 9.20. The number of sulfone groups is 1. The van der Waals surface area contributed by atoms with Gasteiger partial charge in [0, 0.05) is 24.6 Å². The van der Waals surface area contributed by atoms with Gasteiger partial charge in [0.15, 0.2) is 0 Å². The Bertz CT molecular complexity index is 626. The second kappa shape index (κ2) is 6.33. The van der Waals surface area contributed by atoms with Crippen LogP contribution in [0.15, 0.2) is 18.2 Å². The Morgan fingerprint density at radius 1 is 1.45 bits per heavy atom. The van der Waals surface area contributed by atoms with Gasteiger partial charge in [-0.15, -0.1) is 0 Å². The molecule has 9 heteroatoms. The Balaban J connectivity index is 2.75. The first kappa shape index (κ1) is 15.9. The van der Waals surface area contributed by atoms with Gasteiger partial charge in [-0.05, 0) is 18.6 Å². The fourth-order valence-electron chi connectivity index (χ4n) is 1.54. The van der Waals surface area contributed by atoms with Crippen molar-refractivity contribution in [3.8, 4) is 0 Å². The molecule has 0 saturated heterocycles. The van der Waals surface area contributed by atoms with E-state index in [-0.39, 0.29) is 5.75 Å². The second-order valence-electron chi connectivity index (χ2n) is 4.20. The number of rotatable bonds is 7. The molecule has 2 N–H and O–H groups in total. The molecule has 1 aromatic rings. The Kier molecular flexibility index (Phi) is 5.03. The monoisotopic (exact) mass is 302 g/mol. The predicted octanol–water partition coefficient (Wildman–Crippen LogP) is 1.14. The zero-order valence-electron chi connectivity index (χ0n) is 10.7. The first-order valence-electron chi connectivity index (χ1n) is 5.64. The molecule has 0 aliphatic heterocycles. The molecule has 0 radical (unpaired) electrons. The van der Waals surface area contributed by atoms with Gasteiger partial charge < -0.3 is 10.4 Å². The number of nitrogens with zero attached hydrogens (tertiary/aromatic N) is 1. The fraction of sp³-hybridized carbons (Fsp3) is 0.364. The minimum atomic E-state index is -3.04. The van der Waals surface area contributed by atoms with Crippen LogP contribution in [0.1, 0.15) is 16.8 Å². The van der Waals surface area contributed by atoms with E-state index in [1.54, 1.807) is 0 Å². The summed E-state index contributed by atoms with van der Waals surface area (Å²) in [4.78, 5) is 20.8. The van der Waals surface area contributed by atoms with Crippen LogP contribution in [0.25, 0.3) is 0 Å². The molecule has 0 fully saturated rings. The summed E-state index contributed by atoms with van der Waals surface area (Å²) in [6.45, 7) is 0.323. The number of carboxylic acids is 1. The standard InChI is InChI=1S/C11H14N2O6S/c1-20(18,19)6-2-5-12-8-3-4-10(13(16)17)9(7-8)11(14)15/h3-4,7,12H,2,5-6H2,1H3,(H,14,15). The van der Waals surface area contributed by atoms with Crippen molar-refractivity contribution in [2.45, 2.75) is 6.42 Å². The van der Waals surface area contributed by atoms with Crippen LogP contribution in [0.4, 0.5) is 11.4 Å². The van der Waals surface area contributed by atoms with Gasteiger partial charge in [-0.3, -0.25) is 10.1 Å². The van der Waals surface area contributed by atoms with Crippen LogP contribution in [0.5, 0.6) is 0 Å². The van der Waals surface area contributed by atoms with Gasteiger partial charge in [-0.1, -0.05) is 0 Å². The van der Waals surface area contributed by atoms with Gasteiger partial charge in [0.25, 0.3) is 5.69 Å². The summed E-state index contributed by atoms with van der Waals surface area (Å²) < 4.78 is 21.9. The average Bonchev–Trinajstić information content (AvgIpc) is 2.33. The van der Waals surface area contributed by atoms with Crippen molar-refractivity contribution < 1.29 is 23.2 Å². The summed E-state index contributed by atoms with van der Waals surface area (Å²) in [5, 5.41) is 22.4. The van der Waals surface area contributed by atoms with E-state index >= 15 is 0 Å². The number of hydrogen-bond acceptors (Lipinski definition) is 6. The highest BCUT2D eigenvalue weighted by atomic mass is 32.2. The van der Waals surface area contributed by atoms with E-state index in [0.29, 0.717) is 18.7 Å². The topological polar surface area (TPSA) is 127 Å². The molecule has 0 unspecified atom stereocenters. The maximum Gasteiger partial charge on any atom is 0.342 e. The molecule has 0 heterocycles. The lowest BCUT2D eigenvalue weighted by Crippen LogP contribution is -2.10. The van der Waals surface area contributed by atoms with Gasteiger partial charge in [-0.2, -0.15) is 0 Å². The minimum Gasteiger partial charge on any atom is -0.477 e. The fourth-order valence-corrected chi connectivity index (χ4v) is 2.21. The molecule has 0 atom stereocenters. The van der Waals surface area contributed by atoms with Crippen molar-refractivity contribution in [2.75, 3.05) is 23.9 Å².